The highest BCUT2D eigenvalue weighted by molar-refractivity contribution is 5.99. The SMILES string of the molecule is Cc1ccc(C)c(C(=O)CCC(=O)OCC(=O)NCC(=O)Nc2ccc(F)cc2)c1. The summed E-state index contributed by atoms with van der Waals surface area (Å²) in [5.74, 6) is -2.45. The monoisotopic (exact) mass is 414 g/mol. The molecule has 2 amide bonds. The number of halogens is 1. The largest absolute Gasteiger partial charge is 0.456 e. The summed E-state index contributed by atoms with van der Waals surface area (Å²) in [4.78, 5) is 47.5. The van der Waals surface area contributed by atoms with Crippen LogP contribution >= 0.6 is 0 Å². The number of Topliss-reactive ketones (excluding diaryl/α,β-unsaturated/α-hetero) is 1. The molecule has 2 aromatic rings. The van der Waals surface area contributed by atoms with Crippen molar-refractivity contribution in [2.75, 3.05) is 18.5 Å². The van der Waals surface area contributed by atoms with Crippen LogP contribution < -0.4 is 10.6 Å². The summed E-state index contributed by atoms with van der Waals surface area (Å²) in [7, 11) is 0. The van der Waals surface area contributed by atoms with Gasteiger partial charge in [-0.3, -0.25) is 19.2 Å². The third-order valence-electron chi connectivity index (χ3n) is 4.19. The number of aryl methyl sites for hydroxylation is 2. The zero-order chi connectivity index (χ0) is 22.1. The Morgan fingerprint density at radius 1 is 0.933 bits per heavy atom. The molecule has 0 aliphatic rings. The molecule has 0 spiro atoms. The molecule has 0 bridgehead atoms. The number of ketones is 1. The molecular weight excluding hydrogens is 391 g/mol. The van der Waals surface area contributed by atoms with Crippen LogP contribution in [-0.2, 0) is 19.1 Å². The Bertz CT molecular complexity index is 941. The number of amides is 2. The van der Waals surface area contributed by atoms with E-state index in [1.54, 1.807) is 6.07 Å². The van der Waals surface area contributed by atoms with Gasteiger partial charge in [-0.2, -0.15) is 0 Å². The number of carbonyl (C=O) groups excluding carboxylic acids is 4. The summed E-state index contributed by atoms with van der Waals surface area (Å²) < 4.78 is 17.6. The van der Waals surface area contributed by atoms with Crippen LogP contribution in [0.1, 0.15) is 34.3 Å². The smallest absolute Gasteiger partial charge is 0.306 e. The Morgan fingerprint density at radius 2 is 1.63 bits per heavy atom. The molecule has 2 rings (SSSR count). The Hall–Kier alpha value is -3.55. The first-order valence-corrected chi connectivity index (χ1v) is 9.33. The molecule has 8 heteroatoms. The summed E-state index contributed by atoms with van der Waals surface area (Å²) in [6.07, 6.45) is -0.171. The van der Waals surface area contributed by atoms with Crippen LogP contribution in [0.5, 0.6) is 0 Å². The van der Waals surface area contributed by atoms with E-state index in [0.717, 1.165) is 11.1 Å². The minimum atomic E-state index is -0.681. The van der Waals surface area contributed by atoms with Gasteiger partial charge in [-0.15, -0.1) is 0 Å². The van der Waals surface area contributed by atoms with E-state index in [2.05, 4.69) is 10.6 Å². The lowest BCUT2D eigenvalue weighted by molar-refractivity contribution is -0.148. The molecule has 0 aliphatic heterocycles. The minimum absolute atomic E-state index is 0.0230. The normalized spacial score (nSPS) is 10.2. The van der Waals surface area contributed by atoms with Crippen molar-refractivity contribution in [3.8, 4) is 0 Å². The number of nitrogens with one attached hydrogen (secondary N) is 2. The maximum absolute atomic E-state index is 12.8. The standard InChI is InChI=1S/C22H23FN2O5/c1-14-3-4-15(2)18(11-14)19(26)9-10-22(29)30-13-21(28)24-12-20(27)25-17-7-5-16(23)6-8-17/h3-8,11H,9-10,12-13H2,1-2H3,(H,24,28)(H,25,27). The van der Waals surface area contributed by atoms with E-state index in [9.17, 15) is 23.6 Å². The molecular formula is C22H23FN2O5. The van der Waals surface area contributed by atoms with Gasteiger partial charge in [0, 0.05) is 17.7 Å². The van der Waals surface area contributed by atoms with Crippen molar-refractivity contribution in [1.82, 2.24) is 5.32 Å². The molecule has 0 atom stereocenters. The van der Waals surface area contributed by atoms with Gasteiger partial charge >= 0.3 is 5.97 Å². The second kappa shape index (κ2) is 10.8. The van der Waals surface area contributed by atoms with Gasteiger partial charge in [0.15, 0.2) is 12.4 Å². The molecule has 30 heavy (non-hydrogen) atoms. The lowest BCUT2D eigenvalue weighted by Gasteiger charge is -2.08. The Balaban J connectivity index is 1.67. The van der Waals surface area contributed by atoms with Crippen molar-refractivity contribution >= 4 is 29.3 Å². The van der Waals surface area contributed by atoms with Crippen molar-refractivity contribution < 1.29 is 28.3 Å². The van der Waals surface area contributed by atoms with Crippen molar-refractivity contribution in [1.29, 1.82) is 0 Å². The van der Waals surface area contributed by atoms with Crippen LogP contribution in [0.4, 0.5) is 10.1 Å². The van der Waals surface area contributed by atoms with Gasteiger partial charge in [0.25, 0.3) is 5.91 Å². The zero-order valence-electron chi connectivity index (χ0n) is 16.8. The van der Waals surface area contributed by atoms with Gasteiger partial charge in [0.05, 0.1) is 13.0 Å². The van der Waals surface area contributed by atoms with E-state index in [4.69, 9.17) is 4.74 Å². The molecule has 0 heterocycles. The first kappa shape index (κ1) is 22.7. The maximum atomic E-state index is 12.8. The Kier molecular flexibility index (Phi) is 8.22. The number of anilines is 1. The van der Waals surface area contributed by atoms with Crippen LogP contribution in [0.25, 0.3) is 0 Å². The van der Waals surface area contributed by atoms with Crippen molar-refractivity contribution in [2.24, 2.45) is 0 Å². The predicted molar refractivity (Wildman–Crippen MR) is 108 cm³/mol. The van der Waals surface area contributed by atoms with Gasteiger partial charge in [0.1, 0.15) is 5.82 Å². The maximum Gasteiger partial charge on any atom is 0.306 e. The molecule has 0 radical (unpaired) electrons. The van der Waals surface area contributed by atoms with Crippen LogP contribution in [-0.4, -0.2) is 36.7 Å². The molecule has 0 aliphatic carbocycles. The first-order valence-electron chi connectivity index (χ1n) is 9.33. The summed E-state index contributed by atoms with van der Waals surface area (Å²) in [6, 6.07) is 10.7. The quantitative estimate of drug-likeness (QED) is 0.485. The summed E-state index contributed by atoms with van der Waals surface area (Å²) in [5.41, 5.74) is 2.73. The highest BCUT2D eigenvalue weighted by Crippen LogP contribution is 2.14. The first-order chi connectivity index (χ1) is 14.2. The second-order valence-electron chi connectivity index (χ2n) is 6.73. The van der Waals surface area contributed by atoms with E-state index >= 15 is 0 Å². The van der Waals surface area contributed by atoms with Gasteiger partial charge in [-0.25, -0.2) is 4.39 Å². The van der Waals surface area contributed by atoms with Crippen molar-refractivity contribution in [2.45, 2.75) is 26.7 Å². The molecule has 0 saturated carbocycles. The molecule has 0 fully saturated rings. The van der Waals surface area contributed by atoms with Gasteiger partial charge < -0.3 is 15.4 Å². The average Bonchev–Trinajstić information content (AvgIpc) is 2.72. The summed E-state index contributed by atoms with van der Waals surface area (Å²) >= 11 is 0. The lowest BCUT2D eigenvalue weighted by Crippen LogP contribution is -2.35. The fourth-order valence-electron chi connectivity index (χ4n) is 2.57. The molecule has 2 aromatic carbocycles. The Labute approximate surface area is 173 Å². The summed E-state index contributed by atoms with van der Waals surface area (Å²) in [5, 5.41) is 4.79. The fourth-order valence-corrected chi connectivity index (χ4v) is 2.57. The third kappa shape index (κ3) is 7.46. The third-order valence-corrected chi connectivity index (χ3v) is 4.19. The number of hydrogen-bond acceptors (Lipinski definition) is 5. The van der Waals surface area contributed by atoms with Gasteiger partial charge in [-0.05, 0) is 49.7 Å². The molecule has 0 aromatic heterocycles. The fraction of sp³-hybridized carbons (Fsp3) is 0.273. The van der Waals surface area contributed by atoms with E-state index in [1.807, 2.05) is 26.0 Å². The minimum Gasteiger partial charge on any atom is -0.456 e. The topological polar surface area (TPSA) is 102 Å². The average molecular weight is 414 g/mol. The van der Waals surface area contributed by atoms with Crippen LogP contribution in [0.2, 0.25) is 0 Å². The van der Waals surface area contributed by atoms with Crippen LogP contribution in [0.3, 0.4) is 0 Å². The zero-order valence-corrected chi connectivity index (χ0v) is 16.8. The van der Waals surface area contributed by atoms with Crippen LogP contribution in [0.15, 0.2) is 42.5 Å². The number of ether oxygens (including phenoxy) is 1. The molecule has 7 nitrogen and oxygen atoms in total. The molecule has 158 valence electrons. The Morgan fingerprint density at radius 3 is 2.33 bits per heavy atom. The van der Waals surface area contributed by atoms with E-state index in [0.29, 0.717) is 11.3 Å². The predicted octanol–water partition coefficient (Wildman–Crippen LogP) is 2.70. The highest BCUT2D eigenvalue weighted by atomic mass is 19.1. The second-order valence-corrected chi connectivity index (χ2v) is 6.73. The van der Waals surface area contributed by atoms with Gasteiger partial charge in [-0.1, -0.05) is 17.7 Å². The number of esters is 1. The molecule has 0 saturated heterocycles. The molecule has 0 unspecified atom stereocenters. The van der Waals surface area contributed by atoms with E-state index in [1.165, 1.54) is 24.3 Å². The van der Waals surface area contributed by atoms with Crippen molar-refractivity contribution in [3.63, 3.8) is 0 Å². The lowest BCUT2D eigenvalue weighted by atomic mass is 9.99. The number of carbonyl (C=O) groups is 4. The number of hydrogen-bond donors (Lipinski definition) is 2. The molecule has 2 N–H and O–H groups in total. The number of rotatable bonds is 9. The number of benzene rings is 2. The summed E-state index contributed by atoms with van der Waals surface area (Å²) in [6.45, 7) is 2.81. The van der Waals surface area contributed by atoms with Crippen LogP contribution in [0, 0.1) is 19.7 Å². The highest BCUT2D eigenvalue weighted by Gasteiger charge is 2.14. The van der Waals surface area contributed by atoms with Crippen molar-refractivity contribution in [3.05, 3.63) is 65.0 Å². The van der Waals surface area contributed by atoms with Gasteiger partial charge in [0.2, 0.25) is 5.91 Å². The van der Waals surface area contributed by atoms with E-state index in [-0.39, 0.29) is 25.2 Å². The van der Waals surface area contributed by atoms with E-state index < -0.39 is 30.2 Å².